The molecule has 0 saturated heterocycles. The molecule has 0 spiro atoms. The highest BCUT2D eigenvalue weighted by Crippen LogP contribution is 1.79. The van der Waals surface area contributed by atoms with Gasteiger partial charge in [0.05, 0.1) is 0 Å². The average Bonchev–Trinajstić information content (AvgIpc) is 2.02. The molecule has 0 aromatic heterocycles. The van der Waals surface area contributed by atoms with Crippen LogP contribution in [0.4, 0.5) is 0 Å². The van der Waals surface area contributed by atoms with Gasteiger partial charge in [-0.2, -0.15) is 0 Å². The molecule has 0 aromatic rings. The number of rotatable bonds is 4. The van der Waals surface area contributed by atoms with Gasteiger partial charge in [0.2, 0.25) is 0 Å². The number of nitrogens with one attached hydrogen (secondary N) is 2. The molecule has 0 bridgehead atoms. The molecule has 0 aliphatic heterocycles. The number of hydrogen-bond donors (Lipinski definition) is 2. The summed E-state index contributed by atoms with van der Waals surface area (Å²) in [5.41, 5.74) is 0. The van der Waals surface area contributed by atoms with Gasteiger partial charge < -0.3 is 10.6 Å². The quantitative estimate of drug-likeness (QED) is 0.611. The average molecular weight is 160 g/mol. The minimum atomic E-state index is 0.634. The zero-order valence-electron chi connectivity index (χ0n) is 8.70. The second-order valence-corrected chi connectivity index (χ2v) is 2.90. The van der Waals surface area contributed by atoms with Crippen molar-refractivity contribution in [2.45, 2.75) is 39.7 Å². The van der Waals surface area contributed by atoms with Gasteiger partial charge in [-0.1, -0.05) is 27.2 Å². The maximum atomic E-state index is 3.07. The van der Waals surface area contributed by atoms with Crippen LogP contribution in [-0.2, 0) is 0 Å². The normalized spacial score (nSPS) is 9.27. The maximum absolute atomic E-state index is 3.07. The molecule has 0 rings (SSSR count). The summed E-state index contributed by atoms with van der Waals surface area (Å²) in [4.78, 5) is 0. The molecule has 2 heteroatoms. The van der Waals surface area contributed by atoms with Crippen molar-refractivity contribution >= 4 is 0 Å². The zero-order chi connectivity index (χ0) is 9.11. The third-order valence-electron chi connectivity index (χ3n) is 1.36. The molecule has 0 amide bonds. The Bertz CT molecular complexity index is 49.5. The van der Waals surface area contributed by atoms with Gasteiger partial charge in [0.1, 0.15) is 0 Å². The van der Waals surface area contributed by atoms with E-state index >= 15 is 0 Å². The van der Waals surface area contributed by atoms with E-state index in [4.69, 9.17) is 0 Å². The molecule has 0 fully saturated rings. The fourth-order valence-electron chi connectivity index (χ4n) is 0.354. The third-order valence-corrected chi connectivity index (χ3v) is 1.36. The molecule has 0 atom stereocenters. The summed E-state index contributed by atoms with van der Waals surface area (Å²) in [6, 6.07) is 0.634. The highest BCUT2D eigenvalue weighted by Gasteiger charge is 1.77. The largest absolute Gasteiger partial charge is 0.320 e. The van der Waals surface area contributed by atoms with E-state index in [1.54, 1.807) is 0 Å². The van der Waals surface area contributed by atoms with Crippen LogP contribution in [0, 0.1) is 0 Å². The minimum Gasteiger partial charge on any atom is -0.320 e. The molecule has 2 N–H and O–H groups in total. The van der Waals surface area contributed by atoms with Crippen molar-refractivity contribution in [3.05, 3.63) is 0 Å². The zero-order valence-corrected chi connectivity index (χ0v) is 8.70. The first-order valence-corrected chi connectivity index (χ1v) is 4.50. The fraction of sp³-hybridized carbons (Fsp3) is 1.00. The van der Waals surface area contributed by atoms with Crippen LogP contribution in [0.2, 0.25) is 0 Å². The van der Waals surface area contributed by atoms with Crippen LogP contribution in [0.15, 0.2) is 0 Å². The van der Waals surface area contributed by atoms with Crippen molar-refractivity contribution in [2.24, 2.45) is 0 Å². The molecular weight excluding hydrogens is 136 g/mol. The molecule has 0 aromatic carbocycles. The Morgan fingerprint density at radius 1 is 1.18 bits per heavy atom. The van der Waals surface area contributed by atoms with Gasteiger partial charge >= 0.3 is 0 Å². The fourth-order valence-corrected chi connectivity index (χ4v) is 0.354. The number of unbranched alkanes of at least 4 members (excludes halogenated alkanes) is 1. The van der Waals surface area contributed by atoms with Crippen molar-refractivity contribution in [1.82, 2.24) is 10.6 Å². The number of hydrogen-bond acceptors (Lipinski definition) is 2. The van der Waals surface area contributed by atoms with Crippen LogP contribution >= 0.6 is 0 Å². The second kappa shape index (κ2) is 12.6. The molecule has 0 heterocycles. The van der Waals surface area contributed by atoms with Crippen LogP contribution in [0.1, 0.15) is 33.6 Å². The topological polar surface area (TPSA) is 24.1 Å². The summed E-state index contributed by atoms with van der Waals surface area (Å²) in [7, 11) is 3.93. The summed E-state index contributed by atoms with van der Waals surface area (Å²) in [5.74, 6) is 0. The van der Waals surface area contributed by atoms with Gasteiger partial charge in [-0.15, -0.1) is 0 Å². The van der Waals surface area contributed by atoms with Gasteiger partial charge in [0.25, 0.3) is 0 Å². The summed E-state index contributed by atoms with van der Waals surface area (Å²) in [5, 5.41) is 6.10. The smallest absolute Gasteiger partial charge is 0.000733 e. The van der Waals surface area contributed by atoms with Crippen molar-refractivity contribution in [2.75, 3.05) is 20.6 Å². The molecule has 0 saturated carbocycles. The Kier molecular flexibility index (Phi) is 15.4. The first-order chi connectivity index (χ1) is 5.18. The Morgan fingerprint density at radius 3 is 1.73 bits per heavy atom. The molecule has 0 unspecified atom stereocenters. The van der Waals surface area contributed by atoms with Gasteiger partial charge in [-0.05, 0) is 27.1 Å². The van der Waals surface area contributed by atoms with Gasteiger partial charge in [-0.3, -0.25) is 0 Å². The Hall–Kier alpha value is -0.0800. The summed E-state index contributed by atoms with van der Waals surface area (Å²) in [6.45, 7) is 7.58. The lowest BCUT2D eigenvalue weighted by Gasteiger charge is -1.95. The van der Waals surface area contributed by atoms with E-state index in [1.807, 2.05) is 14.1 Å². The van der Waals surface area contributed by atoms with Crippen LogP contribution in [0.5, 0.6) is 0 Å². The molecule has 0 radical (unpaired) electrons. The predicted octanol–water partition coefficient (Wildman–Crippen LogP) is 1.62. The lowest BCUT2D eigenvalue weighted by Crippen LogP contribution is -2.15. The molecule has 0 aliphatic rings. The summed E-state index contributed by atoms with van der Waals surface area (Å²) >= 11 is 0. The van der Waals surface area contributed by atoms with E-state index in [0.29, 0.717) is 6.04 Å². The van der Waals surface area contributed by atoms with Crippen molar-refractivity contribution in [3.63, 3.8) is 0 Å². The highest BCUT2D eigenvalue weighted by molar-refractivity contribution is 4.40. The Balaban J connectivity index is 0. The Morgan fingerprint density at radius 2 is 1.64 bits per heavy atom. The van der Waals surface area contributed by atoms with Crippen molar-refractivity contribution in [3.8, 4) is 0 Å². The highest BCUT2D eigenvalue weighted by atomic mass is 14.8. The first kappa shape index (κ1) is 13.5. The molecule has 11 heavy (non-hydrogen) atoms. The standard InChI is InChI=1S/C5H13N.C4H11N/c1-3-4-5-6-2;1-4(2)5-3/h6H,3-5H2,1-2H3;4-5H,1-3H3. The van der Waals surface area contributed by atoms with Crippen LogP contribution in [-0.4, -0.2) is 26.7 Å². The third kappa shape index (κ3) is 25.7. The van der Waals surface area contributed by atoms with E-state index in [9.17, 15) is 0 Å². The van der Waals surface area contributed by atoms with Crippen molar-refractivity contribution < 1.29 is 0 Å². The predicted molar refractivity (Wildman–Crippen MR) is 53.0 cm³/mol. The maximum Gasteiger partial charge on any atom is 0.000733 e. The molecule has 70 valence electrons. The van der Waals surface area contributed by atoms with E-state index < -0.39 is 0 Å². The summed E-state index contributed by atoms with van der Waals surface area (Å²) < 4.78 is 0. The minimum absolute atomic E-state index is 0.634. The SMILES string of the molecule is CCCCNC.CNC(C)C. The van der Waals surface area contributed by atoms with E-state index in [-0.39, 0.29) is 0 Å². The molecule has 0 aliphatic carbocycles. The molecular formula is C9H24N2. The lowest BCUT2D eigenvalue weighted by molar-refractivity contribution is 0.668. The van der Waals surface area contributed by atoms with E-state index in [0.717, 1.165) is 6.54 Å². The van der Waals surface area contributed by atoms with Gasteiger partial charge in [0, 0.05) is 6.04 Å². The monoisotopic (exact) mass is 160 g/mol. The Labute approximate surface area is 71.8 Å². The van der Waals surface area contributed by atoms with Crippen molar-refractivity contribution in [1.29, 1.82) is 0 Å². The van der Waals surface area contributed by atoms with Gasteiger partial charge in [-0.25, -0.2) is 0 Å². The van der Waals surface area contributed by atoms with Crippen LogP contribution in [0.25, 0.3) is 0 Å². The van der Waals surface area contributed by atoms with Crippen LogP contribution in [0.3, 0.4) is 0 Å². The first-order valence-electron chi connectivity index (χ1n) is 4.50. The van der Waals surface area contributed by atoms with Gasteiger partial charge in [0.15, 0.2) is 0 Å². The lowest BCUT2D eigenvalue weighted by atomic mass is 10.3. The second-order valence-electron chi connectivity index (χ2n) is 2.90. The molecule has 2 nitrogen and oxygen atoms in total. The van der Waals surface area contributed by atoms with E-state index in [2.05, 4.69) is 31.4 Å². The van der Waals surface area contributed by atoms with Crippen LogP contribution < -0.4 is 10.6 Å². The summed E-state index contributed by atoms with van der Waals surface area (Å²) in [6.07, 6.45) is 2.59. The van der Waals surface area contributed by atoms with E-state index in [1.165, 1.54) is 12.8 Å².